The first kappa shape index (κ1) is 12.4. The number of hydrogen-bond donors (Lipinski definition) is 1. The molecule has 3 heteroatoms. The molecule has 0 aromatic heterocycles. The molecule has 0 bridgehead atoms. The zero-order valence-corrected chi connectivity index (χ0v) is 10.5. The van der Waals surface area contributed by atoms with Crippen LogP contribution in [-0.2, 0) is 0 Å². The van der Waals surface area contributed by atoms with Crippen LogP contribution in [0.3, 0.4) is 0 Å². The van der Waals surface area contributed by atoms with E-state index in [4.69, 9.17) is 10.5 Å². The van der Waals surface area contributed by atoms with Crippen molar-refractivity contribution in [3.63, 3.8) is 0 Å². The Kier molecular flexibility index (Phi) is 3.51. The molecule has 0 fully saturated rings. The first-order chi connectivity index (χ1) is 8.56. The Morgan fingerprint density at radius 1 is 1.06 bits per heavy atom. The molecule has 0 heterocycles. The number of ether oxygens (including phenoxy) is 1. The van der Waals surface area contributed by atoms with Gasteiger partial charge in [-0.1, -0.05) is 12.1 Å². The lowest BCUT2D eigenvalue weighted by Gasteiger charge is -2.11. The molecule has 0 aliphatic heterocycles. The molecule has 0 unspecified atom stereocenters. The average Bonchev–Trinajstić information content (AvgIpc) is 2.33. The Labute approximate surface area is 106 Å². The van der Waals surface area contributed by atoms with Gasteiger partial charge in [0.2, 0.25) is 0 Å². The predicted molar refractivity (Wildman–Crippen MR) is 72.0 cm³/mol. The molecular formula is C15H16FNO. The van der Waals surface area contributed by atoms with Gasteiger partial charge >= 0.3 is 0 Å². The maximum absolute atomic E-state index is 13.2. The van der Waals surface area contributed by atoms with Gasteiger partial charge in [0.15, 0.2) is 0 Å². The Morgan fingerprint density at radius 2 is 1.72 bits per heavy atom. The van der Waals surface area contributed by atoms with Crippen molar-refractivity contribution in [1.82, 2.24) is 0 Å². The molecule has 0 saturated heterocycles. The highest BCUT2D eigenvalue weighted by Gasteiger charge is 2.05. The highest BCUT2D eigenvalue weighted by molar-refractivity contribution is 5.76. The average molecular weight is 245 g/mol. The SMILES string of the molecule is CC(C)Oc1ccc(-c2cc(F)ccc2N)cc1. The van der Waals surface area contributed by atoms with E-state index in [9.17, 15) is 4.39 Å². The Hall–Kier alpha value is -2.03. The normalized spacial score (nSPS) is 10.7. The van der Waals surface area contributed by atoms with Crippen LogP contribution in [0.1, 0.15) is 13.8 Å². The molecule has 2 rings (SSSR count). The summed E-state index contributed by atoms with van der Waals surface area (Å²) in [6, 6.07) is 11.8. The fraction of sp³-hybridized carbons (Fsp3) is 0.200. The van der Waals surface area contributed by atoms with Crippen molar-refractivity contribution < 1.29 is 9.13 Å². The third kappa shape index (κ3) is 2.80. The molecular weight excluding hydrogens is 229 g/mol. The molecule has 2 N–H and O–H groups in total. The minimum Gasteiger partial charge on any atom is -0.491 e. The van der Waals surface area contributed by atoms with Crippen molar-refractivity contribution in [2.24, 2.45) is 0 Å². The van der Waals surface area contributed by atoms with Crippen molar-refractivity contribution >= 4 is 5.69 Å². The van der Waals surface area contributed by atoms with E-state index in [1.165, 1.54) is 12.1 Å². The number of halogens is 1. The van der Waals surface area contributed by atoms with E-state index in [0.717, 1.165) is 11.3 Å². The van der Waals surface area contributed by atoms with Crippen LogP contribution in [0.15, 0.2) is 42.5 Å². The third-order valence-electron chi connectivity index (χ3n) is 2.55. The fourth-order valence-corrected chi connectivity index (χ4v) is 1.76. The molecule has 0 amide bonds. The molecule has 2 aromatic rings. The molecule has 2 aromatic carbocycles. The summed E-state index contributed by atoms with van der Waals surface area (Å²) in [6.07, 6.45) is 0.134. The summed E-state index contributed by atoms with van der Waals surface area (Å²) < 4.78 is 18.8. The van der Waals surface area contributed by atoms with Gasteiger partial charge in [-0.3, -0.25) is 0 Å². The summed E-state index contributed by atoms with van der Waals surface area (Å²) in [5.74, 6) is 0.505. The molecule has 0 saturated carbocycles. The molecule has 0 spiro atoms. The highest BCUT2D eigenvalue weighted by atomic mass is 19.1. The van der Waals surface area contributed by atoms with Gasteiger partial charge in [-0.05, 0) is 49.7 Å². The monoisotopic (exact) mass is 245 g/mol. The van der Waals surface area contributed by atoms with Gasteiger partial charge in [-0.2, -0.15) is 0 Å². The van der Waals surface area contributed by atoms with Crippen LogP contribution in [0.4, 0.5) is 10.1 Å². The van der Waals surface area contributed by atoms with Crippen LogP contribution in [0.2, 0.25) is 0 Å². The van der Waals surface area contributed by atoms with E-state index < -0.39 is 0 Å². The smallest absolute Gasteiger partial charge is 0.123 e. The number of nitrogens with two attached hydrogens (primary N) is 1. The number of anilines is 1. The van der Waals surface area contributed by atoms with Crippen LogP contribution < -0.4 is 10.5 Å². The zero-order chi connectivity index (χ0) is 13.1. The van der Waals surface area contributed by atoms with Crippen molar-refractivity contribution in [3.05, 3.63) is 48.3 Å². The highest BCUT2D eigenvalue weighted by Crippen LogP contribution is 2.28. The second-order valence-corrected chi connectivity index (χ2v) is 4.42. The first-order valence-corrected chi connectivity index (χ1v) is 5.88. The number of rotatable bonds is 3. The maximum Gasteiger partial charge on any atom is 0.123 e. The van der Waals surface area contributed by atoms with Crippen molar-refractivity contribution in [1.29, 1.82) is 0 Å². The maximum atomic E-state index is 13.2. The summed E-state index contributed by atoms with van der Waals surface area (Å²) in [4.78, 5) is 0. The Balaban J connectivity index is 2.31. The third-order valence-corrected chi connectivity index (χ3v) is 2.55. The van der Waals surface area contributed by atoms with Crippen molar-refractivity contribution in [3.8, 4) is 16.9 Å². The lowest BCUT2D eigenvalue weighted by atomic mass is 10.0. The fourth-order valence-electron chi connectivity index (χ4n) is 1.76. The zero-order valence-electron chi connectivity index (χ0n) is 10.5. The standard InChI is InChI=1S/C15H16FNO/c1-10(2)18-13-6-3-11(4-7-13)14-9-12(16)5-8-15(14)17/h3-10H,17H2,1-2H3. The van der Waals surface area contributed by atoms with Gasteiger partial charge in [-0.15, -0.1) is 0 Å². The quantitative estimate of drug-likeness (QED) is 0.833. The van der Waals surface area contributed by atoms with Gasteiger partial charge in [0.25, 0.3) is 0 Å². The van der Waals surface area contributed by atoms with Gasteiger partial charge in [0.05, 0.1) is 6.10 Å². The summed E-state index contributed by atoms with van der Waals surface area (Å²) in [7, 11) is 0. The minimum absolute atomic E-state index is 0.134. The predicted octanol–water partition coefficient (Wildman–Crippen LogP) is 3.86. The van der Waals surface area contributed by atoms with Crippen LogP contribution in [0.5, 0.6) is 5.75 Å². The first-order valence-electron chi connectivity index (χ1n) is 5.88. The van der Waals surface area contributed by atoms with Crippen molar-refractivity contribution in [2.75, 3.05) is 5.73 Å². The summed E-state index contributed by atoms with van der Waals surface area (Å²) in [5.41, 5.74) is 7.98. The molecule has 2 nitrogen and oxygen atoms in total. The van der Waals surface area contributed by atoms with Crippen LogP contribution >= 0.6 is 0 Å². The Morgan fingerprint density at radius 3 is 2.33 bits per heavy atom. The van der Waals surface area contributed by atoms with Gasteiger partial charge in [0.1, 0.15) is 11.6 Å². The topological polar surface area (TPSA) is 35.2 Å². The largest absolute Gasteiger partial charge is 0.491 e. The van der Waals surface area contributed by atoms with E-state index >= 15 is 0 Å². The van der Waals surface area contributed by atoms with E-state index in [2.05, 4.69) is 0 Å². The lowest BCUT2D eigenvalue weighted by molar-refractivity contribution is 0.242. The molecule has 0 atom stereocenters. The number of benzene rings is 2. The van der Waals surface area contributed by atoms with Crippen LogP contribution in [0, 0.1) is 5.82 Å². The van der Waals surface area contributed by atoms with Gasteiger partial charge in [-0.25, -0.2) is 4.39 Å². The lowest BCUT2D eigenvalue weighted by Crippen LogP contribution is -2.05. The second-order valence-electron chi connectivity index (χ2n) is 4.42. The molecule has 0 radical (unpaired) electrons. The summed E-state index contributed by atoms with van der Waals surface area (Å²) in [6.45, 7) is 3.94. The van der Waals surface area contributed by atoms with E-state index in [1.54, 1.807) is 6.07 Å². The van der Waals surface area contributed by atoms with Gasteiger partial charge < -0.3 is 10.5 Å². The minimum atomic E-state index is -0.290. The number of nitrogen functional groups attached to an aromatic ring is 1. The molecule has 18 heavy (non-hydrogen) atoms. The van der Waals surface area contributed by atoms with E-state index in [0.29, 0.717) is 11.3 Å². The summed E-state index contributed by atoms with van der Waals surface area (Å²) >= 11 is 0. The van der Waals surface area contributed by atoms with E-state index in [1.807, 2.05) is 38.1 Å². The van der Waals surface area contributed by atoms with Crippen molar-refractivity contribution in [2.45, 2.75) is 20.0 Å². The van der Waals surface area contributed by atoms with E-state index in [-0.39, 0.29) is 11.9 Å². The van der Waals surface area contributed by atoms with Gasteiger partial charge in [0, 0.05) is 11.3 Å². The summed E-state index contributed by atoms with van der Waals surface area (Å²) in [5, 5.41) is 0. The Bertz CT molecular complexity index is 535. The van der Waals surface area contributed by atoms with Crippen LogP contribution in [0.25, 0.3) is 11.1 Å². The number of hydrogen-bond acceptors (Lipinski definition) is 2. The van der Waals surface area contributed by atoms with Crippen LogP contribution in [-0.4, -0.2) is 6.10 Å². The second kappa shape index (κ2) is 5.08. The molecule has 0 aliphatic carbocycles. The molecule has 0 aliphatic rings. The molecule has 94 valence electrons.